The molecule has 0 amide bonds. The summed E-state index contributed by atoms with van der Waals surface area (Å²) in [6.07, 6.45) is 0. The third kappa shape index (κ3) is 3.26. The molecule has 0 heterocycles. The third-order valence-electron chi connectivity index (χ3n) is 1.68. The SMILES string of the molecule is C=C(CCl)COc1ccc(C#N)cc1F. The lowest BCUT2D eigenvalue weighted by Gasteiger charge is -2.07. The van der Waals surface area contributed by atoms with E-state index in [-0.39, 0.29) is 23.8 Å². The van der Waals surface area contributed by atoms with E-state index in [0.29, 0.717) is 5.57 Å². The average molecular weight is 226 g/mol. The highest BCUT2D eigenvalue weighted by molar-refractivity contribution is 6.19. The van der Waals surface area contributed by atoms with Gasteiger partial charge in [0.1, 0.15) is 6.61 Å². The van der Waals surface area contributed by atoms with Crippen LogP contribution in [-0.4, -0.2) is 12.5 Å². The first kappa shape index (κ1) is 11.5. The second-order valence-electron chi connectivity index (χ2n) is 2.93. The molecule has 2 nitrogen and oxygen atoms in total. The van der Waals surface area contributed by atoms with Crippen molar-refractivity contribution >= 4 is 11.6 Å². The predicted molar refractivity (Wildman–Crippen MR) is 56.5 cm³/mol. The van der Waals surface area contributed by atoms with E-state index in [1.165, 1.54) is 12.1 Å². The molecule has 0 aromatic heterocycles. The quantitative estimate of drug-likeness (QED) is 0.583. The van der Waals surface area contributed by atoms with E-state index in [2.05, 4.69) is 6.58 Å². The summed E-state index contributed by atoms with van der Waals surface area (Å²) < 4.78 is 18.4. The Balaban J connectivity index is 2.71. The number of hydrogen-bond acceptors (Lipinski definition) is 2. The molecule has 1 rings (SSSR count). The lowest BCUT2D eigenvalue weighted by atomic mass is 10.2. The van der Waals surface area contributed by atoms with Crippen LogP contribution in [0.25, 0.3) is 0 Å². The molecule has 0 saturated carbocycles. The van der Waals surface area contributed by atoms with E-state index in [1.807, 2.05) is 6.07 Å². The maximum absolute atomic E-state index is 13.3. The molecule has 78 valence electrons. The molecule has 4 heteroatoms. The summed E-state index contributed by atoms with van der Waals surface area (Å²) in [5, 5.41) is 8.52. The van der Waals surface area contributed by atoms with Crippen LogP contribution in [0.4, 0.5) is 4.39 Å². The summed E-state index contributed by atoms with van der Waals surface area (Å²) in [6.45, 7) is 3.79. The van der Waals surface area contributed by atoms with Crippen molar-refractivity contribution in [3.05, 3.63) is 41.7 Å². The number of nitrogens with zero attached hydrogens (tertiary/aromatic N) is 1. The molecule has 15 heavy (non-hydrogen) atoms. The van der Waals surface area contributed by atoms with Crippen LogP contribution in [0.15, 0.2) is 30.4 Å². The predicted octanol–water partition coefficient (Wildman–Crippen LogP) is 2.87. The summed E-state index contributed by atoms with van der Waals surface area (Å²) in [7, 11) is 0. The van der Waals surface area contributed by atoms with Crippen LogP contribution in [-0.2, 0) is 0 Å². The van der Waals surface area contributed by atoms with Crippen molar-refractivity contribution in [1.82, 2.24) is 0 Å². The molecular weight excluding hydrogens is 217 g/mol. The van der Waals surface area contributed by atoms with E-state index < -0.39 is 5.82 Å². The number of alkyl halides is 1. The number of halogens is 2. The average Bonchev–Trinajstić information content (AvgIpc) is 2.26. The number of ether oxygens (including phenoxy) is 1. The fourth-order valence-electron chi connectivity index (χ4n) is 0.906. The standard InChI is InChI=1S/C11H9ClFNO/c1-8(5-12)7-15-11-3-2-9(6-14)4-10(11)13/h2-4H,1,5,7H2. The Hall–Kier alpha value is -1.53. The number of nitriles is 1. The second kappa shape index (κ2) is 5.38. The van der Waals surface area contributed by atoms with Gasteiger partial charge in [0, 0.05) is 5.88 Å². The van der Waals surface area contributed by atoms with Crippen LogP contribution >= 0.6 is 11.6 Å². The van der Waals surface area contributed by atoms with Crippen molar-refractivity contribution in [2.75, 3.05) is 12.5 Å². The molecule has 0 spiro atoms. The van der Waals surface area contributed by atoms with Crippen molar-refractivity contribution in [2.24, 2.45) is 0 Å². The lowest BCUT2D eigenvalue weighted by Crippen LogP contribution is -2.02. The first-order valence-corrected chi connectivity index (χ1v) is 4.76. The van der Waals surface area contributed by atoms with E-state index in [4.69, 9.17) is 21.6 Å². The van der Waals surface area contributed by atoms with Gasteiger partial charge in [0.25, 0.3) is 0 Å². The molecule has 0 bridgehead atoms. The topological polar surface area (TPSA) is 33.0 Å². The Morgan fingerprint density at radius 2 is 2.33 bits per heavy atom. The normalized spacial score (nSPS) is 9.40. The van der Waals surface area contributed by atoms with Gasteiger partial charge in [-0.3, -0.25) is 0 Å². The molecule has 0 N–H and O–H groups in total. The van der Waals surface area contributed by atoms with Gasteiger partial charge in [-0.25, -0.2) is 4.39 Å². The molecule has 0 aliphatic rings. The molecule has 0 atom stereocenters. The maximum atomic E-state index is 13.3. The zero-order valence-corrected chi connectivity index (χ0v) is 8.72. The van der Waals surface area contributed by atoms with Gasteiger partial charge in [-0.15, -0.1) is 11.6 Å². The second-order valence-corrected chi connectivity index (χ2v) is 3.20. The van der Waals surface area contributed by atoms with Crippen LogP contribution < -0.4 is 4.74 Å². The molecule has 1 aromatic rings. The van der Waals surface area contributed by atoms with Gasteiger partial charge in [0.15, 0.2) is 11.6 Å². The van der Waals surface area contributed by atoms with Gasteiger partial charge in [0.05, 0.1) is 11.6 Å². The number of rotatable bonds is 4. The summed E-state index contributed by atoms with van der Waals surface area (Å²) in [5.74, 6) is -0.186. The Kier molecular flexibility index (Phi) is 4.14. The minimum Gasteiger partial charge on any atom is -0.486 e. The number of hydrogen-bond donors (Lipinski definition) is 0. The first-order chi connectivity index (χ1) is 7.17. The Bertz CT molecular complexity index is 412. The maximum Gasteiger partial charge on any atom is 0.166 e. The highest BCUT2D eigenvalue weighted by Crippen LogP contribution is 2.18. The van der Waals surface area contributed by atoms with Crippen LogP contribution in [0.5, 0.6) is 5.75 Å². The minimum absolute atomic E-state index is 0.0975. The molecular formula is C11H9ClFNO. The first-order valence-electron chi connectivity index (χ1n) is 4.22. The van der Waals surface area contributed by atoms with Gasteiger partial charge in [0.2, 0.25) is 0 Å². The largest absolute Gasteiger partial charge is 0.486 e. The Morgan fingerprint density at radius 3 is 2.87 bits per heavy atom. The zero-order chi connectivity index (χ0) is 11.3. The highest BCUT2D eigenvalue weighted by Gasteiger charge is 2.04. The van der Waals surface area contributed by atoms with Gasteiger partial charge in [-0.2, -0.15) is 5.26 Å². The monoisotopic (exact) mass is 225 g/mol. The van der Waals surface area contributed by atoms with Gasteiger partial charge in [-0.1, -0.05) is 6.58 Å². The van der Waals surface area contributed by atoms with Crippen molar-refractivity contribution in [1.29, 1.82) is 5.26 Å². The lowest BCUT2D eigenvalue weighted by molar-refractivity contribution is 0.333. The van der Waals surface area contributed by atoms with Crippen LogP contribution in [0.1, 0.15) is 5.56 Å². The van der Waals surface area contributed by atoms with Crippen molar-refractivity contribution in [3.8, 4) is 11.8 Å². The van der Waals surface area contributed by atoms with Crippen molar-refractivity contribution in [2.45, 2.75) is 0 Å². The molecule has 0 aliphatic heterocycles. The van der Waals surface area contributed by atoms with Crippen molar-refractivity contribution in [3.63, 3.8) is 0 Å². The van der Waals surface area contributed by atoms with Crippen LogP contribution in [0.2, 0.25) is 0 Å². The van der Waals surface area contributed by atoms with Crippen LogP contribution in [0, 0.1) is 17.1 Å². The molecule has 0 unspecified atom stereocenters. The molecule has 0 saturated heterocycles. The molecule has 0 aliphatic carbocycles. The molecule has 0 fully saturated rings. The third-order valence-corrected chi connectivity index (χ3v) is 2.06. The minimum atomic E-state index is -0.559. The van der Waals surface area contributed by atoms with Gasteiger partial charge >= 0.3 is 0 Å². The van der Waals surface area contributed by atoms with Gasteiger partial charge in [-0.05, 0) is 23.8 Å². The summed E-state index contributed by atoms with van der Waals surface area (Å²) in [4.78, 5) is 0. The van der Waals surface area contributed by atoms with E-state index in [0.717, 1.165) is 6.07 Å². The number of benzene rings is 1. The van der Waals surface area contributed by atoms with E-state index in [1.54, 1.807) is 0 Å². The van der Waals surface area contributed by atoms with Crippen molar-refractivity contribution < 1.29 is 9.13 Å². The fraction of sp³-hybridized carbons (Fsp3) is 0.182. The summed E-state index contributed by atoms with van der Waals surface area (Å²) in [6, 6.07) is 5.86. The van der Waals surface area contributed by atoms with Gasteiger partial charge < -0.3 is 4.74 Å². The zero-order valence-electron chi connectivity index (χ0n) is 7.96. The summed E-state index contributed by atoms with van der Waals surface area (Å²) in [5.41, 5.74) is 0.927. The van der Waals surface area contributed by atoms with E-state index in [9.17, 15) is 4.39 Å². The highest BCUT2D eigenvalue weighted by atomic mass is 35.5. The fourth-order valence-corrected chi connectivity index (χ4v) is 0.983. The Morgan fingerprint density at radius 1 is 1.60 bits per heavy atom. The van der Waals surface area contributed by atoms with Crippen LogP contribution in [0.3, 0.4) is 0 Å². The molecule has 0 radical (unpaired) electrons. The smallest absolute Gasteiger partial charge is 0.166 e. The Labute approximate surface area is 92.5 Å². The summed E-state index contributed by atoms with van der Waals surface area (Å²) >= 11 is 5.49. The van der Waals surface area contributed by atoms with E-state index >= 15 is 0 Å². The molecule has 1 aromatic carbocycles.